The van der Waals surface area contributed by atoms with Crippen LogP contribution in [-0.2, 0) is 0 Å². The Morgan fingerprint density at radius 1 is 0.846 bits per heavy atom. The summed E-state index contributed by atoms with van der Waals surface area (Å²) in [4.78, 5) is 0. The van der Waals surface area contributed by atoms with E-state index in [1.807, 2.05) is 12.1 Å². The van der Waals surface area contributed by atoms with Crippen LogP contribution >= 0.6 is 0 Å². The third-order valence-electron chi connectivity index (χ3n) is 2.58. The first-order valence-corrected chi connectivity index (χ1v) is 5.85. The van der Waals surface area contributed by atoms with Gasteiger partial charge in [-0.2, -0.15) is 0 Å². The van der Waals surface area contributed by atoms with Crippen molar-refractivity contribution in [3.8, 4) is 11.1 Å². The average molecular weight is 180 g/mol. The lowest BCUT2D eigenvalue weighted by molar-refractivity contribution is 1.69. The number of fused-ring (bicyclic) bond motifs is 3. The molecule has 0 unspecified atom stereocenters. The standard InChI is InChI=1S/C12H8Si/c1-3-7-11-9(5-1)10-6-2-4-8-12(10)13-11/h3-8H,13H2. The van der Waals surface area contributed by atoms with E-state index >= 15 is 0 Å². The molecule has 0 aliphatic carbocycles. The largest absolute Gasteiger partial charge is 0.0891 e. The maximum absolute atomic E-state index is 3.14. The average Bonchev–Trinajstić information content (AvgIpc) is 2.56. The molecule has 13 heavy (non-hydrogen) atoms. The maximum Gasteiger partial charge on any atom is 0.0891 e. The second-order valence-electron chi connectivity index (χ2n) is 3.34. The molecule has 1 heteroatoms. The van der Waals surface area contributed by atoms with Gasteiger partial charge in [0, 0.05) is 0 Å². The molecule has 1 aliphatic heterocycles. The van der Waals surface area contributed by atoms with E-state index in [1.165, 1.54) is 11.1 Å². The van der Waals surface area contributed by atoms with E-state index < -0.39 is 0 Å². The third kappa shape index (κ3) is 0.973. The summed E-state index contributed by atoms with van der Waals surface area (Å²) in [6, 6.07) is 18.9. The quantitative estimate of drug-likeness (QED) is 0.439. The Labute approximate surface area is 80.1 Å². The molecule has 2 aromatic rings. The lowest BCUT2D eigenvalue weighted by atomic mass is 10.1. The summed E-state index contributed by atoms with van der Waals surface area (Å²) in [5, 5.41) is 3.10. The topological polar surface area (TPSA) is 0 Å². The van der Waals surface area contributed by atoms with Crippen molar-refractivity contribution in [2.75, 3.05) is 0 Å². The lowest BCUT2D eigenvalue weighted by Gasteiger charge is -1.98. The summed E-state index contributed by atoms with van der Waals surface area (Å²) < 4.78 is 0. The van der Waals surface area contributed by atoms with E-state index in [0.29, 0.717) is 0 Å². The number of hydrogen-bond donors (Lipinski definition) is 0. The van der Waals surface area contributed by atoms with E-state index in [9.17, 15) is 0 Å². The predicted molar refractivity (Wildman–Crippen MR) is 57.4 cm³/mol. The van der Waals surface area contributed by atoms with E-state index in [1.54, 1.807) is 10.4 Å². The van der Waals surface area contributed by atoms with Gasteiger partial charge in [-0.1, -0.05) is 34.6 Å². The molecule has 0 spiro atoms. The number of rotatable bonds is 0. The van der Waals surface area contributed by atoms with Crippen LogP contribution in [0.2, 0.25) is 0 Å². The van der Waals surface area contributed by atoms with Crippen LogP contribution in [-0.4, -0.2) is 9.52 Å². The first-order valence-electron chi connectivity index (χ1n) is 4.43. The van der Waals surface area contributed by atoms with Gasteiger partial charge in [0.1, 0.15) is 0 Å². The van der Waals surface area contributed by atoms with Crippen molar-refractivity contribution in [2.24, 2.45) is 0 Å². The maximum atomic E-state index is 3.14. The molecule has 3 rings (SSSR count). The summed E-state index contributed by atoms with van der Waals surface area (Å²) in [5.41, 5.74) is 2.78. The van der Waals surface area contributed by atoms with E-state index in [0.717, 1.165) is 0 Å². The van der Waals surface area contributed by atoms with Gasteiger partial charge in [-0.15, -0.1) is 0 Å². The minimum Gasteiger partial charge on any atom is -0.0620 e. The first-order chi connectivity index (χ1) is 6.45. The molecule has 0 N–H and O–H groups in total. The minimum atomic E-state index is -0.200. The molecule has 60 valence electrons. The van der Waals surface area contributed by atoms with Crippen molar-refractivity contribution in [2.45, 2.75) is 0 Å². The highest BCUT2D eigenvalue weighted by molar-refractivity contribution is 6.73. The SMILES string of the molecule is [c]1ccc2c(c1)-c1c[c]ccc1[SiH2]2. The fraction of sp³-hybridized carbons (Fsp3) is 0. The van der Waals surface area contributed by atoms with Crippen molar-refractivity contribution in [3.05, 3.63) is 48.5 Å². The minimum absolute atomic E-state index is 0.200. The van der Waals surface area contributed by atoms with Gasteiger partial charge in [0.05, 0.1) is 9.52 Å². The fourth-order valence-electron chi connectivity index (χ4n) is 1.94. The Kier molecular flexibility index (Phi) is 1.40. The van der Waals surface area contributed by atoms with Crippen LogP contribution in [0.5, 0.6) is 0 Å². The molecule has 0 saturated carbocycles. The second kappa shape index (κ2) is 2.57. The molecule has 0 aromatic heterocycles. The molecule has 0 saturated heterocycles. The molecule has 2 aromatic carbocycles. The normalized spacial score (nSPS) is 12.3. The van der Waals surface area contributed by atoms with Crippen LogP contribution in [0, 0.1) is 12.1 Å². The number of benzene rings is 2. The highest BCUT2D eigenvalue weighted by Gasteiger charge is 2.16. The Morgan fingerprint density at radius 3 is 1.92 bits per heavy atom. The monoisotopic (exact) mass is 180 g/mol. The first kappa shape index (κ1) is 7.10. The molecule has 1 heterocycles. The zero-order valence-corrected chi connectivity index (χ0v) is 8.59. The van der Waals surface area contributed by atoms with E-state index in [2.05, 4.69) is 36.4 Å². The Bertz CT molecular complexity index is 417. The van der Waals surface area contributed by atoms with Gasteiger partial charge in [-0.3, -0.25) is 0 Å². The van der Waals surface area contributed by atoms with Crippen molar-refractivity contribution in [1.29, 1.82) is 0 Å². The van der Waals surface area contributed by atoms with Gasteiger partial charge in [-0.05, 0) is 35.4 Å². The van der Waals surface area contributed by atoms with Crippen molar-refractivity contribution in [3.63, 3.8) is 0 Å². The van der Waals surface area contributed by atoms with Gasteiger partial charge in [-0.25, -0.2) is 0 Å². The molecule has 0 fully saturated rings. The van der Waals surface area contributed by atoms with Crippen LogP contribution in [0.4, 0.5) is 0 Å². The van der Waals surface area contributed by atoms with Crippen molar-refractivity contribution in [1.82, 2.24) is 0 Å². The molecule has 0 bridgehead atoms. The number of hydrogen-bond acceptors (Lipinski definition) is 0. The van der Waals surface area contributed by atoms with Crippen LogP contribution in [0.25, 0.3) is 11.1 Å². The van der Waals surface area contributed by atoms with Gasteiger partial charge in [0.25, 0.3) is 0 Å². The van der Waals surface area contributed by atoms with Gasteiger partial charge in [0.2, 0.25) is 0 Å². The van der Waals surface area contributed by atoms with Crippen LogP contribution in [0.3, 0.4) is 0 Å². The molecule has 0 amide bonds. The fourth-order valence-corrected chi connectivity index (χ4v) is 3.79. The lowest BCUT2D eigenvalue weighted by Crippen LogP contribution is -2.20. The molecular weight excluding hydrogens is 172 g/mol. The zero-order chi connectivity index (χ0) is 8.67. The highest BCUT2D eigenvalue weighted by Crippen LogP contribution is 2.18. The van der Waals surface area contributed by atoms with Crippen molar-refractivity contribution < 1.29 is 0 Å². The Morgan fingerprint density at radius 2 is 1.38 bits per heavy atom. The summed E-state index contributed by atoms with van der Waals surface area (Å²) in [6.07, 6.45) is 0. The summed E-state index contributed by atoms with van der Waals surface area (Å²) in [7, 11) is -0.200. The predicted octanol–water partition coefficient (Wildman–Crippen LogP) is 0.387. The molecule has 0 atom stereocenters. The van der Waals surface area contributed by atoms with Crippen LogP contribution in [0.1, 0.15) is 0 Å². The molecule has 0 nitrogen and oxygen atoms in total. The molecule has 1 aliphatic rings. The van der Waals surface area contributed by atoms with Gasteiger partial charge in [0.15, 0.2) is 0 Å². The summed E-state index contributed by atoms with van der Waals surface area (Å²) in [5.74, 6) is 0. The van der Waals surface area contributed by atoms with Gasteiger partial charge >= 0.3 is 0 Å². The van der Waals surface area contributed by atoms with Crippen LogP contribution < -0.4 is 10.4 Å². The second-order valence-corrected chi connectivity index (χ2v) is 5.22. The Balaban J connectivity index is 2.32. The summed E-state index contributed by atoms with van der Waals surface area (Å²) >= 11 is 0. The smallest absolute Gasteiger partial charge is 0.0620 e. The molecule has 2 radical (unpaired) electrons. The summed E-state index contributed by atoms with van der Waals surface area (Å²) in [6.45, 7) is 0. The molecular formula is C12H8Si. The zero-order valence-electron chi connectivity index (χ0n) is 7.17. The van der Waals surface area contributed by atoms with E-state index in [4.69, 9.17) is 0 Å². The van der Waals surface area contributed by atoms with Crippen molar-refractivity contribution >= 4 is 19.9 Å². The van der Waals surface area contributed by atoms with Crippen LogP contribution in [0.15, 0.2) is 36.4 Å². The third-order valence-corrected chi connectivity index (χ3v) is 4.57. The highest BCUT2D eigenvalue weighted by atomic mass is 28.2. The van der Waals surface area contributed by atoms with E-state index in [-0.39, 0.29) is 9.52 Å². The van der Waals surface area contributed by atoms with Gasteiger partial charge < -0.3 is 0 Å². The Hall–Kier alpha value is -1.34.